The Kier molecular flexibility index (Phi) is 4.12. The third-order valence-electron chi connectivity index (χ3n) is 4.71. The van der Waals surface area contributed by atoms with Gasteiger partial charge in [0.15, 0.2) is 0 Å². The van der Waals surface area contributed by atoms with E-state index in [1.807, 2.05) is 22.9 Å². The van der Waals surface area contributed by atoms with E-state index in [1.165, 1.54) is 0 Å². The minimum atomic E-state index is -2.70. The van der Waals surface area contributed by atoms with Crippen molar-refractivity contribution in [2.24, 2.45) is 11.8 Å². The number of nitrogens with zero attached hydrogens (tertiary/aromatic N) is 2. The normalized spacial score (nSPS) is 23.6. The Morgan fingerprint density at radius 3 is 2.74 bits per heavy atom. The molecular weight excluding hydrogens is 304 g/mol. The van der Waals surface area contributed by atoms with Crippen LogP contribution in [0.5, 0.6) is 0 Å². The molecule has 1 aliphatic heterocycles. The van der Waals surface area contributed by atoms with Gasteiger partial charge in [0.2, 0.25) is 17.7 Å². The van der Waals surface area contributed by atoms with Crippen molar-refractivity contribution in [3.63, 3.8) is 0 Å². The quantitative estimate of drug-likeness (QED) is 0.918. The van der Waals surface area contributed by atoms with Crippen molar-refractivity contribution >= 4 is 11.8 Å². The van der Waals surface area contributed by atoms with Gasteiger partial charge in [-0.05, 0) is 12.1 Å². The minimum Gasteiger partial charge on any atom is -0.359 e. The molecule has 0 bridgehead atoms. The Balaban J connectivity index is 1.74. The Hall–Kier alpha value is -1.92. The van der Waals surface area contributed by atoms with Gasteiger partial charge in [-0.15, -0.1) is 0 Å². The largest absolute Gasteiger partial charge is 0.359 e. The predicted octanol–water partition coefficient (Wildman–Crippen LogP) is 1.63. The van der Waals surface area contributed by atoms with Gasteiger partial charge in [0.05, 0.1) is 6.54 Å². The van der Waals surface area contributed by atoms with Crippen molar-refractivity contribution in [1.29, 1.82) is 0 Å². The van der Waals surface area contributed by atoms with E-state index >= 15 is 0 Å². The standard InChI is InChI=1S/C16H21F2N3O2/c1-19-14(22)5-11-8-20-4-2-3-13(20)10-21(9-11)15(23)12-6-16(17,18)7-12/h2-4,11-12H,5-10H2,1H3,(H,19,22)/t11-/m0/s1. The third-order valence-corrected chi connectivity index (χ3v) is 4.71. The number of hydrogen-bond acceptors (Lipinski definition) is 2. The van der Waals surface area contributed by atoms with Gasteiger partial charge >= 0.3 is 0 Å². The number of halogens is 2. The fraction of sp³-hybridized carbons (Fsp3) is 0.625. The first kappa shape index (κ1) is 16.0. The molecule has 1 fully saturated rings. The molecule has 1 aromatic rings. The summed E-state index contributed by atoms with van der Waals surface area (Å²) in [5.41, 5.74) is 0.976. The van der Waals surface area contributed by atoms with E-state index in [0.29, 0.717) is 26.1 Å². The topological polar surface area (TPSA) is 54.3 Å². The SMILES string of the molecule is CNC(=O)C[C@@H]1CN(C(=O)C2CC(F)(F)C2)Cc2cccn2C1. The molecule has 7 heteroatoms. The Morgan fingerprint density at radius 2 is 2.09 bits per heavy atom. The first-order chi connectivity index (χ1) is 10.9. The molecule has 1 aliphatic carbocycles. The first-order valence-electron chi connectivity index (χ1n) is 7.89. The first-order valence-corrected chi connectivity index (χ1v) is 7.89. The number of aromatic nitrogens is 1. The van der Waals surface area contributed by atoms with Crippen molar-refractivity contribution in [1.82, 2.24) is 14.8 Å². The second kappa shape index (κ2) is 5.94. The number of carbonyl (C=O) groups is 2. The maximum atomic E-state index is 13.1. The lowest BCUT2D eigenvalue weighted by Gasteiger charge is -2.37. The molecule has 126 valence electrons. The van der Waals surface area contributed by atoms with Gasteiger partial charge in [-0.2, -0.15) is 0 Å². The molecule has 0 spiro atoms. The highest BCUT2D eigenvalue weighted by atomic mass is 19.3. The van der Waals surface area contributed by atoms with E-state index in [0.717, 1.165) is 5.69 Å². The second-order valence-corrected chi connectivity index (χ2v) is 6.58. The molecule has 2 amide bonds. The van der Waals surface area contributed by atoms with Gasteiger partial charge in [0.1, 0.15) is 0 Å². The summed E-state index contributed by atoms with van der Waals surface area (Å²) < 4.78 is 28.1. The van der Waals surface area contributed by atoms with Crippen LogP contribution in [0.1, 0.15) is 25.0 Å². The number of rotatable bonds is 3. The van der Waals surface area contributed by atoms with E-state index in [9.17, 15) is 18.4 Å². The molecule has 0 saturated heterocycles. The van der Waals surface area contributed by atoms with Gasteiger partial charge < -0.3 is 14.8 Å². The van der Waals surface area contributed by atoms with Crippen LogP contribution in [0.2, 0.25) is 0 Å². The van der Waals surface area contributed by atoms with Crippen LogP contribution in [0.25, 0.3) is 0 Å². The summed E-state index contributed by atoms with van der Waals surface area (Å²) in [6, 6.07) is 3.83. The van der Waals surface area contributed by atoms with E-state index in [2.05, 4.69) is 5.32 Å². The highest BCUT2D eigenvalue weighted by molar-refractivity contribution is 5.80. The fourth-order valence-corrected chi connectivity index (χ4v) is 3.43. The summed E-state index contributed by atoms with van der Waals surface area (Å²) >= 11 is 0. The van der Waals surface area contributed by atoms with Crippen molar-refractivity contribution in [2.45, 2.75) is 38.3 Å². The summed E-state index contributed by atoms with van der Waals surface area (Å²) in [7, 11) is 1.58. The lowest BCUT2D eigenvalue weighted by Crippen LogP contribution is -2.47. The van der Waals surface area contributed by atoms with Gasteiger partial charge in [-0.25, -0.2) is 8.78 Å². The monoisotopic (exact) mass is 325 g/mol. The molecule has 2 aliphatic rings. The summed E-state index contributed by atoms with van der Waals surface area (Å²) in [5.74, 6) is -3.60. The van der Waals surface area contributed by atoms with Crippen LogP contribution >= 0.6 is 0 Å². The lowest BCUT2D eigenvalue weighted by atomic mass is 9.80. The molecule has 5 nitrogen and oxygen atoms in total. The Labute approximate surface area is 133 Å². The number of nitrogens with one attached hydrogen (secondary N) is 1. The van der Waals surface area contributed by atoms with Crippen molar-refractivity contribution in [3.05, 3.63) is 24.0 Å². The maximum Gasteiger partial charge on any atom is 0.249 e. The molecule has 1 atom stereocenters. The molecule has 23 heavy (non-hydrogen) atoms. The zero-order valence-electron chi connectivity index (χ0n) is 13.1. The van der Waals surface area contributed by atoms with Gasteiger partial charge in [0.25, 0.3) is 0 Å². The van der Waals surface area contributed by atoms with Crippen LogP contribution < -0.4 is 5.32 Å². The van der Waals surface area contributed by atoms with Crippen LogP contribution in [0.4, 0.5) is 8.78 Å². The molecular formula is C16H21F2N3O2. The van der Waals surface area contributed by atoms with Crippen LogP contribution in [0.3, 0.4) is 0 Å². The molecule has 2 heterocycles. The Morgan fingerprint density at radius 1 is 1.35 bits per heavy atom. The summed E-state index contributed by atoms with van der Waals surface area (Å²) in [4.78, 5) is 25.9. The zero-order valence-corrected chi connectivity index (χ0v) is 13.1. The summed E-state index contributed by atoms with van der Waals surface area (Å²) in [6.45, 7) is 1.49. The smallest absolute Gasteiger partial charge is 0.249 e. The van der Waals surface area contributed by atoms with Crippen LogP contribution in [0, 0.1) is 11.8 Å². The maximum absolute atomic E-state index is 13.1. The third kappa shape index (κ3) is 3.38. The number of carbonyl (C=O) groups excluding carboxylic acids is 2. The van der Waals surface area contributed by atoms with Crippen LogP contribution in [-0.2, 0) is 22.7 Å². The molecule has 1 aromatic heterocycles. The Bertz CT molecular complexity index is 606. The average Bonchev–Trinajstić information content (AvgIpc) is 2.82. The van der Waals surface area contributed by atoms with Crippen molar-refractivity contribution < 1.29 is 18.4 Å². The fourth-order valence-electron chi connectivity index (χ4n) is 3.43. The molecule has 3 rings (SSSR count). The van der Waals surface area contributed by atoms with Gasteiger partial charge in [-0.3, -0.25) is 9.59 Å². The van der Waals surface area contributed by atoms with Crippen LogP contribution in [-0.4, -0.2) is 40.8 Å². The summed E-state index contributed by atoms with van der Waals surface area (Å²) in [5, 5.41) is 2.60. The highest BCUT2D eigenvalue weighted by Crippen LogP contribution is 2.43. The van der Waals surface area contributed by atoms with Crippen molar-refractivity contribution in [3.8, 4) is 0 Å². The number of alkyl halides is 2. The van der Waals surface area contributed by atoms with E-state index in [1.54, 1.807) is 11.9 Å². The minimum absolute atomic E-state index is 0.0202. The number of fused-ring (bicyclic) bond motifs is 1. The second-order valence-electron chi connectivity index (χ2n) is 6.58. The van der Waals surface area contributed by atoms with Crippen LogP contribution in [0.15, 0.2) is 18.3 Å². The van der Waals surface area contributed by atoms with E-state index in [-0.39, 0.29) is 30.6 Å². The van der Waals surface area contributed by atoms with E-state index in [4.69, 9.17) is 0 Å². The predicted molar refractivity (Wildman–Crippen MR) is 79.7 cm³/mol. The number of amides is 2. The number of hydrogen-bond donors (Lipinski definition) is 1. The molecule has 1 N–H and O–H groups in total. The molecule has 0 radical (unpaired) electrons. The van der Waals surface area contributed by atoms with Crippen molar-refractivity contribution in [2.75, 3.05) is 13.6 Å². The van der Waals surface area contributed by atoms with Gasteiger partial charge in [0, 0.05) is 63.1 Å². The average molecular weight is 325 g/mol. The van der Waals surface area contributed by atoms with E-state index < -0.39 is 11.8 Å². The zero-order chi connectivity index (χ0) is 16.6. The molecule has 1 saturated carbocycles. The molecule has 0 unspecified atom stereocenters. The van der Waals surface area contributed by atoms with Gasteiger partial charge in [-0.1, -0.05) is 0 Å². The lowest BCUT2D eigenvalue weighted by molar-refractivity contribution is -0.161. The highest BCUT2D eigenvalue weighted by Gasteiger charge is 2.50. The molecule has 0 aromatic carbocycles. The summed E-state index contributed by atoms with van der Waals surface area (Å²) in [6.07, 6.45) is 1.53.